The lowest BCUT2D eigenvalue weighted by atomic mass is 9.74. The van der Waals surface area contributed by atoms with E-state index in [-0.39, 0.29) is 24.3 Å². The van der Waals surface area contributed by atoms with Gasteiger partial charge in [0.1, 0.15) is 11.6 Å². The number of aromatic nitrogens is 2. The van der Waals surface area contributed by atoms with E-state index in [0.717, 1.165) is 61.6 Å². The van der Waals surface area contributed by atoms with E-state index in [1.807, 2.05) is 19.1 Å². The summed E-state index contributed by atoms with van der Waals surface area (Å²) in [6.07, 6.45) is 4.33. The van der Waals surface area contributed by atoms with Crippen LogP contribution in [0.3, 0.4) is 0 Å². The third-order valence-corrected chi connectivity index (χ3v) is 9.92. The number of morpholine rings is 1. The van der Waals surface area contributed by atoms with Crippen molar-refractivity contribution in [1.82, 2.24) is 20.8 Å². The SMILES string of the molecule is COc1ccc2c(c1)[C@]1(C[C@H]1C1CCC3C(C1)NNC3Nc1nc(C)nc(N3C[C@@H](C)O[C@@H](C)C3)c1OC)C(=O)N2. The third-order valence-electron chi connectivity index (χ3n) is 9.92. The van der Waals surface area contributed by atoms with Crippen molar-refractivity contribution < 1.29 is 19.0 Å². The van der Waals surface area contributed by atoms with Crippen LogP contribution in [0, 0.1) is 24.7 Å². The Bertz CT molecular complexity index is 1350. The summed E-state index contributed by atoms with van der Waals surface area (Å²) in [7, 11) is 3.36. The maximum Gasteiger partial charge on any atom is 0.235 e. The van der Waals surface area contributed by atoms with Gasteiger partial charge in [-0.25, -0.2) is 15.4 Å². The van der Waals surface area contributed by atoms with Gasteiger partial charge in [-0.3, -0.25) is 10.2 Å². The number of carbonyl (C=O) groups excluding carboxylic acids is 1. The van der Waals surface area contributed by atoms with E-state index in [4.69, 9.17) is 24.2 Å². The highest BCUT2D eigenvalue weighted by Gasteiger charge is 2.67. The van der Waals surface area contributed by atoms with Crippen molar-refractivity contribution in [3.63, 3.8) is 0 Å². The number of methoxy groups -OCH3 is 2. The summed E-state index contributed by atoms with van der Waals surface area (Å²) >= 11 is 0. The Morgan fingerprint density at radius 1 is 1.10 bits per heavy atom. The number of aryl methyl sites for hydroxylation is 1. The lowest BCUT2D eigenvalue weighted by Gasteiger charge is -2.37. The van der Waals surface area contributed by atoms with Gasteiger partial charge < -0.3 is 29.7 Å². The molecule has 220 valence electrons. The van der Waals surface area contributed by atoms with Crippen LogP contribution in [-0.2, 0) is 14.9 Å². The van der Waals surface area contributed by atoms with Crippen molar-refractivity contribution in [3.05, 3.63) is 29.6 Å². The molecular formula is C30H41N7O4. The molecule has 41 heavy (non-hydrogen) atoms. The van der Waals surface area contributed by atoms with Crippen LogP contribution in [0.2, 0.25) is 0 Å². The number of nitrogens with zero attached hydrogens (tertiary/aromatic N) is 3. The predicted octanol–water partition coefficient (Wildman–Crippen LogP) is 2.96. The summed E-state index contributed by atoms with van der Waals surface area (Å²) in [5.41, 5.74) is 8.72. The smallest absolute Gasteiger partial charge is 0.235 e. The average Bonchev–Trinajstić information content (AvgIpc) is 3.50. The summed E-state index contributed by atoms with van der Waals surface area (Å²) in [6, 6.07) is 6.26. The largest absolute Gasteiger partial charge is 0.497 e. The average molecular weight is 564 g/mol. The van der Waals surface area contributed by atoms with Gasteiger partial charge in [0.25, 0.3) is 0 Å². The number of fused-ring (bicyclic) bond motifs is 3. The predicted molar refractivity (Wildman–Crippen MR) is 155 cm³/mol. The van der Waals surface area contributed by atoms with Gasteiger partial charge in [0, 0.05) is 30.7 Å². The van der Waals surface area contributed by atoms with Gasteiger partial charge in [-0.1, -0.05) is 0 Å². The molecule has 4 fully saturated rings. The fourth-order valence-corrected chi connectivity index (χ4v) is 8.06. The molecule has 2 aliphatic carbocycles. The number of nitrogens with one attached hydrogen (secondary N) is 4. The van der Waals surface area contributed by atoms with E-state index < -0.39 is 5.41 Å². The Hall–Kier alpha value is -3.15. The minimum absolute atomic E-state index is 0.00691. The van der Waals surface area contributed by atoms with Crippen LogP contribution in [0.1, 0.15) is 50.9 Å². The molecule has 1 amide bonds. The molecule has 0 bridgehead atoms. The molecule has 3 aliphatic heterocycles. The second kappa shape index (κ2) is 9.99. The summed E-state index contributed by atoms with van der Waals surface area (Å²) < 4.78 is 17.3. The molecule has 2 saturated heterocycles. The third kappa shape index (κ3) is 4.40. The highest BCUT2D eigenvalue weighted by atomic mass is 16.5. The number of ether oxygens (including phenoxy) is 3. The zero-order valence-electron chi connectivity index (χ0n) is 24.5. The van der Waals surface area contributed by atoms with Crippen LogP contribution < -0.4 is 35.9 Å². The molecule has 4 unspecified atom stereocenters. The zero-order valence-corrected chi connectivity index (χ0v) is 24.5. The fourth-order valence-electron chi connectivity index (χ4n) is 8.06. The number of amides is 1. The minimum Gasteiger partial charge on any atom is -0.497 e. The van der Waals surface area contributed by atoms with Crippen molar-refractivity contribution >= 4 is 23.2 Å². The number of hydrazine groups is 1. The molecule has 5 aliphatic rings. The topological polar surface area (TPSA) is 122 Å². The summed E-state index contributed by atoms with van der Waals surface area (Å²) in [4.78, 5) is 25.0. The molecule has 0 radical (unpaired) electrons. The van der Waals surface area contributed by atoms with E-state index in [1.54, 1.807) is 14.2 Å². The highest BCUT2D eigenvalue weighted by Crippen LogP contribution is 2.65. The van der Waals surface area contributed by atoms with Gasteiger partial charge in [0.15, 0.2) is 11.6 Å². The maximum absolute atomic E-state index is 13.2. The number of carbonyl (C=O) groups is 1. The maximum atomic E-state index is 13.2. The van der Waals surface area contributed by atoms with Crippen LogP contribution in [0.5, 0.6) is 11.5 Å². The van der Waals surface area contributed by atoms with Crippen molar-refractivity contribution in [2.75, 3.05) is 42.8 Å². The monoisotopic (exact) mass is 563 g/mol. The van der Waals surface area contributed by atoms with Crippen LogP contribution in [0.4, 0.5) is 17.3 Å². The number of rotatable bonds is 6. The Morgan fingerprint density at radius 2 is 1.90 bits per heavy atom. The van der Waals surface area contributed by atoms with Gasteiger partial charge in [0.05, 0.1) is 38.0 Å². The molecule has 1 spiro atoms. The Morgan fingerprint density at radius 3 is 2.66 bits per heavy atom. The van der Waals surface area contributed by atoms with Gasteiger partial charge in [-0.15, -0.1) is 0 Å². The molecule has 7 rings (SSSR count). The van der Waals surface area contributed by atoms with E-state index in [1.165, 1.54) is 0 Å². The Labute approximate surface area is 241 Å². The standard InChI is InChI=1S/C30H41N7O4/c1-15-13-37(14-16(2)41-15)28-25(40-5)27(31-17(3)32-28)34-26-20-8-6-18(10-24(20)35-36-26)22-12-30(22)21-11-19(39-4)7-9-23(21)33-29(30)38/h7,9,11,15-16,18,20,22,24,26,35-36H,6,8,10,12-14H2,1-5H3,(H,33,38)(H,31,32,34)/t15-,16+,18?,20?,22-,24?,26?,30-/m0/s1. The van der Waals surface area contributed by atoms with Gasteiger partial charge in [-0.2, -0.15) is 0 Å². The normalized spacial score (nSPS) is 35.6. The van der Waals surface area contributed by atoms with Crippen LogP contribution in [0.15, 0.2) is 18.2 Å². The number of anilines is 3. The van der Waals surface area contributed by atoms with Gasteiger partial charge in [0.2, 0.25) is 11.7 Å². The fraction of sp³-hybridized carbons (Fsp3) is 0.633. The van der Waals surface area contributed by atoms with Crippen LogP contribution in [0.25, 0.3) is 0 Å². The Balaban J connectivity index is 1.06. The van der Waals surface area contributed by atoms with E-state index in [0.29, 0.717) is 41.2 Å². The molecule has 4 N–H and O–H groups in total. The second-order valence-electron chi connectivity index (χ2n) is 12.5. The molecule has 2 saturated carbocycles. The summed E-state index contributed by atoms with van der Waals surface area (Å²) in [5.74, 6) is 5.06. The second-order valence-corrected chi connectivity index (χ2v) is 12.5. The van der Waals surface area contributed by atoms with Crippen LogP contribution in [-0.4, -0.2) is 67.6 Å². The first kappa shape index (κ1) is 26.7. The first-order chi connectivity index (χ1) is 19.8. The van der Waals surface area contributed by atoms with Crippen molar-refractivity contribution in [2.45, 2.75) is 76.3 Å². The quantitative estimate of drug-likeness (QED) is 0.417. The van der Waals surface area contributed by atoms with E-state index in [2.05, 4.69) is 46.3 Å². The van der Waals surface area contributed by atoms with Gasteiger partial charge >= 0.3 is 0 Å². The molecule has 2 aromatic rings. The summed E-state index contributed by atoms with van der Waals surface area (Å²) in [5, 5.41) is 6.79. The zero-order chi connectivity index (χ0) is 28.5. The number of hydrogen-bond acceptors (Lipinski definition) is 10. The Kier molecular flexibility index (Phi) is 6.51. The summed E-state index contributed by atoms with van der Waals surface area (Å²) in [6.45, 7) is 7.61. The molecule has 11 nitrogen and oxygen atoms in total. The first-order valence-electron chi connectivity index (χ1n) is 14.9. The number of hydrogen-bond donors (Lipinski definition) is 4. The van der Waals surface area contributed by atoms with Crippen molar-refractivity contribution in [3.8, 4) is 11.5 Å². The van der Waals surface area contributed by atoms with Crippen LogP contribution >= 0.6 is 0 Å². The first-order valence-corrected chi connectivity index (χ1v) is 14.9. The van der Waals surface area contributed by atoms with Crippen molar-refractivity contribution in [1.29, 1.82) is 0 Å². The highest BCUT2D eigenvalue weighted by molar-refractivity contribution is 6.09. The minimum atomic E-state index is -0.401. The number of benzene rings is 1. The lowest BCUT2D eigenvalue weighted by molar-refractivity contribution is -0.118. The molecule has 11 heteroatoms. The molecular weight excluding hydrogens is 522 g/mol. The van der Waals surface area contributed by atoms with E-state index >= 15 is 0 Å². The lowest BCUT2D eigenvalue weighted by Crippen LogP contribution is -2.46. The molecule has 1 aromatic heterocycles. The molecule has 8 atom stereocenters. The van der Waals surface area contributed by atoms with E-state index in [9.17, 15) is 4.79 Å². The molecule has 4 heterocycles. The van der Waals surface area contributed by atoms with Gasteiger partial charge in [-0.05, 0) is 82.1 Å². The van der Waals surface area contributed by atoms with Crippen molar-refractivity contribution in [2.24, 2.45) is 17.8 Å². The molecule has 1 aromatic carbocycles.